The van der Waals surface area contributed by atoms with E-state index in [4.69, 9.17) is 0 Å². The summed E-state index contributed by atoms with van der Waals surface area (Å²) >= 11 is 1.45. The monoisotopic (exact) mass is 310 g/mol. The number of aryl methyl sites for hydroxylation is 1. The van der Waals surface area contributed by atoms with Gasteiger partial charge in [-0.3, -0.25) is 14.9 Å². The molecule has 1 fully saturated rings. The molecular formula is C13H14N2O5S. The van der Waals surface area contributed by atoms with Crippen LogP contribution < -0.4 is 5.32 Å². The number of carboxylic acid groups (broad SMARTS) is 1. The van der Waals surface area contributed by atoms with Gasteiger partial charge in [0.25, 0.3) is 11.6 Å². The van der Waals surface area contributed by atoms with E-state index in [-0.39, 0.29) is 11.3 Å². The number of nitro groups is 1. The number of carboxylic acids is 1. The minimum absolute atomic E-state index is 0.0878. The molecule has 1 atom stereocenters. The van der Waals surface area contributed by atoms with Crippen molar-refractivity contribution in [2.45, 2.75) is 18.9 Å². The highest BCUT2D eigenvalue weighted by atomic mass is 32.2. The molecule has 21 heavy (non-hydrogen) atoms. The van der Waals surface area contributed by atoms with Crippen molar-refractivity contribution in [3.05, 3.63) is 39.4 Å². The number of rotatable bonds is 4. The van der Waals surface area contributed by atoms with Gasteiger partial charge < -0.3 is 10.4 Å². The molecule has 1 aromatic rings. The topological polar surface area (TPSA) is 110 Å². The van der Waals surface area contributed by atoms with E-state index in [1.54, 1.807) is 6.92 Å². The zero-order valence-electron chi connectivity index (χ0n) is 11.3. The summed E-state index contributed by atoms with van der Waals surface area (Å²) in [7, 11) is 0. The molecule has 1 aliphatic heterocycles. The van der Waals surface area contributed by atoms with E-state index >= 15 is 0 Å². The van der Waals surface area contributed by atoms with Gasteiger partial charge in [-0.2, -0.15) is 11.8 Å². The predicted octanol–water partition coefficient (Wildman–Crippen LogP) is 1.59. The Morgan fingerprint density at radius 3 is 2.71 bits per heavy atom. The highest BCUT2D eigenvalue weighted by Crippen LogP contribution is 2.29. The smallest absolute Gasteiger partial charge is 0.330 e. The van der Waals surface area contributed by atoms with Gasteiger partial charge in [0, 0.05) is 22.9 Å². The van der Waals surface area contributed by atoms with E-state index < -0.39 is 22.3 Å². The van der Waals surface area contributed by atoms with E-state index in [1.807, 2.05) is 0 Å². The van der Waals surface area contributed by atoms with Crippen molar-refractivity contribution in [1.82, 2.24) is 5.32 Å². The van der Waals surface area contributed by atoms with Gasteiger partial charge in [-0.15, -0.1) is 0 Å². The summed E-state index contributed by atoms with van der Waals surface area (Å²) in [4.78, 5) is 33.9. The Bertz CT molecular complexity index is 611. The number of carbonyl (C=O) groups is 2. The van der Waals surface area contributed by atoms with Crippen LogP contribution in [0.25, 0.3) is 0 Å². The third-order valence-electron chi connectivity index (χ3n) is 3.45. The van der Waals surface area contributed by atoms with Crippen LogP contribution in [0, 0.1) is 17.0 Å². The van der Waals surface area contributed by atoms with Crippen LogP contribution in [0.4, 0.5) is 5.69 Å². The Labute approximate surface area is 124 Å². The standard InChI is InChI=1S/C13H14N2O5S/c1-8-2-3-9(6-10(8)15(19)20)11(16)14-13(12(17)18)4-5-21-7-13/h2-3,6H,4-5,7H2,1H3,(H,14,16)(H,17,18). The average molecular weight is 310 g/mol. The van der Waals surface area contributed by atoms with Gasteiger partial charge in [0.05, 0.1) is 4.92 Å². The lowest BCUT2D eigenvalue weighted by molar-refractivity contribution is -0.385. The van der Waals surface area contributed by atoms with Crippen molar-refractivity contribution < 1.29 is 19.6 Å². The molecule has 112 valence electrons. The maximum absolute atomic E-state index is 12.2. The first-order chi connectivity index (χ1) is 9.85. The Hall–Kier alpha value is -2.09. The second kappa shape index (κ2) is 5.72. The molecule has 7 nitrogen and oxygen atoms in total. The number of carbonyl (C=O) groups excluding carboxylic acids is 1. The fourth-order valence-corrected chi connectivity index (χ4v) is 3.45. The zero-order valence-corrected chi connectivity index (χ0v) is 12.1. The second-order valence-corrected chi connectivity index (χ2v) is 6.01. The largest absolute Gasteiger partial charge is 0.479 e. The van der Waals surface area contributed by atoms with Crippen LogP contribution >= 0.6 is 11.8 Å². The lowest BCUT2D eigenvalue weighted by Gasteiger charge is -2.24. The maximum Gasteiger partial charge on any atom is 0.330 e. The van der Waals surface area contributed by atoms with Crippen LogP contribution in [0.2, 0.25) is 0 Å². The highest BCUT2D eigenvalue weighted by molar-refractivity contribution is 7.99. The fraction of sp³-hybridized carbons (Fsp3) is 0.385. The molecule has 1 saturated heterocycles. The van der Waals surface area contributed by atoms with Crippen LogP contribution in [-0.2, 0) is 4.79 Å². The highest BCUT2D eigenvalue weighted by Gasteiger charge is 2.43. The third-order valence-corrected chi connectivity index (χ3v) is 4.64. The van der Waals surface area contributed by atoms with Crippen molar-refractivity contribution in [2.24, 2.45) is 0 Å². The number of hydrogen-bond donors (Lipinski definition) is 2. The summed E-state index contributed by atoms with van der Waals surface area (Å²) in [6.07, 6.45) is 0.340. The van der Waals surface area contributed by atoms with Gasteiger partial charge in [0.1, 0.15) is 5.54 Å². The first kappa shape index (κ1) is 15.3. The summed E-state index contributed by atoms with van der Waals surface area (Å²) in [5.74, 6) is -0.742. The maximum atomic E-state index is 12.2. The van der Waals surface area contributed by atoms with Crippen molar-refractivity contribution in [1.29, 1.82) is 0 Å². The van der Waals surface area contributed by atoms with Crippen LogP contribution in [-0.4, -0.2) is 39.0 Å². The SMILES string of the molecule is Cc1ccc(C(=O)NC2(C(=O)O)CCSC2)cc1[N+](=O)[O-]. The molecule has 0 aliphatic carbocycles. The Balaban J connectivity index is 2.26. The summed E-state index contributed by atoms with van der Waals surface area (Å²) < 4.78 is 0. The van der Waals surface area contributed by atoms with E-state index in [2.05, 4.69) is 5.32 Å². The van der Waals surface area contributed by atoms with Crippen molar-refractivity contribution in [3.8, 4) is 0 Å². The Morgan fingerprint density at radius 2 is 2.19 bits per heavy atom. The molecule has 0 spiro atoms. The molecule has 0 radical (unpaired) electrons. The van der Waals surface area contributed by atoms with Gasteiger partial charge >= 0.3 is 5.97 Å². The minimum atomic E-state index is -1.29. The number of amides is 1. The molecule has 8 heteroatoms. The summed E-state index contributed by atoms with van der Waals surface area (Å²) in [6, 6.07) is 4.10. The van der Waals surface area contributed by atoms with Gasteiger partial charge in [0.2, 0.25) is 0 Å². The van der Waals surface area contributed by atoms with E-state index in [0.717, 1.165) is 0 Å². The number of thioether (sulfide) groups is 1. The van der Waals surface area contributed by atoms with Gasteiger partial charge in [0.15, 0.2) is 0 Å². The molecular weight excluding hydrogens is 296 g/mol. The first-order valence-corrected chi connectivity index (χ1v) is 7.40. The zero-order chi connectivity index (χ0) is 15.6. The van der Waals surface area contributed by atoms with Crippen LogP contribution in [0.3, 0.4) is 0 Å². The quantitative estimate of drug-likeness (QED) is 0.645. The first-order valence-electron chi connectivity index (χ1n) is 6.24. The van der Waals surface area contributed by atoms with E-state index in [1.165, 1.54) is 30.0 Å². The number of aliphatic carboxylic acids is 1. The van der Waals surface area contributed by atoms with Crippen molar-refractivity contribution in [2.75, 3.05) is 11.5 Å². The lowest BCUT2D eigenvalue weighted by atomic mass is 9.98. The van der Waals surface area contributed by atoms with Gasteiger partial charge in [-0.05, 0) is 25.2 Å². The van der Waals surface area contributed by atoms with E-state index in [0.29, 0.717) is 23.5 Å². The number of nitro benzene ring substituents is 1. The minimum Gasteiger partial charge on any atom is -0.479 e. The summed E-state index contributed by atoms with van der Waals surface area (Å²) in [6.45, 7) is 1.58. The third kappa shape index (κ3) is 2.99. The van der Waals surface area contributed by atoms with Gasteiger partial charge in [-0.1, -0.05) is 6.07 Å². The molecule has 0 aromatic heterocycles. The van der Waals surface area contributed by atoms with Crippen molar-refractivity contribution in [3.63, 3.8) is 0 Å². The molecule has 2 N–H and O–H groups in total. The van der Waals surface area contributed by atoms with Gasteiger partial charge in [-0.25, -0.2) is 4.79 Å². The normalized spacial score (nSPS) is 21.0. The number of benzene rings is 1. The molecule has 1 unspecified atom stereocenters. The van der Waals surface area contributed by atoms with E-state index in [9.17, 15) is 24.8 Å². The van der Waals surface area contributed by atoms with Crippen LogP contribution in [0.15, 0.2) is 18.2 Å². The van der Waals surface area contributed by atoms with Crippen LogP contribution in [0.5, 0.6) is 0 Å². The molecule has 1 amide bonds. The number of hydrogen-bond acceptors (Lipinski definition) is 5. The summed E-state index contributed by atoms with van der Waals surface area (Å²) in [5, 5.41) is 22.7. The fourth-order valence-electron chi connectivity index (χ4n) is 2.12. The predicted molar refractivity (Wildman–Crippen MR) is 77.6 cm³/mol. The van der Waals surface area contributed by atoms with Crippen molar-refractivity contribution >= 4 is 29.3 Å². The summed E-state index contributed by atoms with van der Waals surface area (Å²) in [5.41, 5.74) is -0.917. The molecule has 0 saturated carbocycles. The number of nitrogens with one attached hydrogen (secondary N) is 1. The average Bonchev–Trinajstić information content (AvgIpc) is 2.88. The molecule has 2 rings (SSSR count). The van der Waals surface area contributed by atoms with Crippen LogP contribution in [0.1, 0.15) is 22.3 Å². The molecule has 1 aliphatic rings. The number of nitrogens with zero attached hydrogens (tertiary/aromatic N) is 1. The molecule has 0 bridgehead atoms. The lowest BCUT2D eigenvalue weighted by Crippen LogP contribution is -2.54. The Kier molecular flexibility index (Phi) is 4.17. The second-order valence-electron chi connectivity index (χ2n) is 4.90. The Morgan fingerprint density at radius 1 is 1.48 bits per heavy atom. The molecule has 1 aromatic carbocycles. The molecule has 1 heterocycles.